The van der Waals surface area contributed by atoms with Crippen LogP contribution < -0.4 is 5.32 Å². The minimum Gasteiger partial charge on any atom is -0.481 e. The van der Waals surface area contributed by atoms with E-state index in [2.05, 4.69) is 55.3 Å². The molecule has 0 spiro atoms. The number of carbonyl (C=O) groups is 1. The van der Waals surface area contributed by atoms with Crippen molar-refractivity contribution in [1.29, 1.82) is 0 Å². The summed E-state index contributed by atoms with van der Waals surface area (Å²) in [7, 11) is 0. The predicted molar refractivity (Wildman–Crippen MR) is 112 cm³/mol. The number of H-pyrrole nitrogens is 1. The van der Waals surface area contributed by atoms with Gasteiger partial charge in [0.1, 0.15) is 0 Å². The maximum absolute atomic E-state index is 10.6. The van der Waals surface area contributed by atoms with Gasteiger partial charge in [-0.1, -0.05) is 26.8 Å². The van der Waals surface area contributed by atoms with Crippen molar-refractivity contribution >= 4 is 16.9 Å². The largest absolute Gasteiger partial charge is 0.481 e. The van der Waals surface area contributed by atoms with Crippen LogP contribution in [0, 0.1) is 11.3 Å². The fraction of sp³-hybridized carbons (Fsp3) is 0.609. The van der Waals surface area contributed by atoms with Crippen LogP contribution in [0.4, 0.5) is 0 Å². The summed E-state index contributed by atoms with van der Waals surface area (Å²) in [4.78, 5) is 14.0. The molecule has 0 amide bonds. The van der Waals surface area contributed by atoms with Gasteiger partial charge < -0.3 is 20.1 Å². The molecule has 0 bridgehead atoms. The van der Waals surface area contributed by atoms with Crippen molar-refractivity contribution in [2.24, 2.45) is 11.3 Å². The van der Waals surface area contributed by atoms with Gasteiger partial charge in [-0.25, -0.2) is 0 Å². The van der Waals surface area contributed by atoms with Gasteiger partial charge in [0.15, 0.2) is 0 Å². The van der Waals surface area contributed by atoms with Crippen LogP contribution in [0.5, 0.6) is 0 Å². The molecule has 2 aromatic rings. The van der Waals surface area contributed by atoms with Gasteiger partial charge in [-0.15, -0.1) is 0 Å². The first-order chi connectivity index (χ1) is 13.3. The third kappa shape index (κ3) is 5.82. The van der Waals surface area contributed by atoms with Crippen molar-refractivity contribution in [2.45, 2.75) is 72.1 Å². The van der Waals surface area contributed by atoms with Crippen LogP contribution in [0.2, 0.25) is 0 Å². The van der Waals surface area contributed by atoms with Gasteiger partial charge in [-0.2, -0.15) is 0 Å². The first kappa shape index (κ1) is 20.9. The number of rotatable bonds is 8. The third-order valence-corrected chi connectivity index (χ3v) is 5.96. The minimum atomic E-state index is -0.773. The van der Waals surface area contributed by atoms with Crippen molar-refractivity contribution < 1.29 is 14.6 Å². The average molecular weight is 387 g/mol. The lowest BCUT2D eigenvalue weighted by Crippen LogP contribution is -2.29. The standard InChI is InChI=1S/C23H34N2O3/c1-23(2,3)18-5-7-20(8-6-18)28-15-19-13-17-12-16(4-9-21(17)25-19)14-24-11-10-22(26)27/h4,9,12-13,18,20,24-25H,5-8,10-11,14-15H2,1-3H3,(H,26,27). The number of carboxylic acids is 1. The van der Waals surface area contributed by atoms with Crippen LogP contribution >= 0.6 is 0 Å². The second-order valence-electron chi connectivity index (χ2n) is 9.19. The molecule has 5 heteroatoms. The van der Waals surface area contributed by atoms with E-state index in [-0.39, 0.29) is 6.42 Å². The Balaban J connectivity index is 1.49. The van der Waals surface area contributed by atoms with Gasteiger partial charge in [-0.05, 0) is 60.8 Å². The predicted octanol–water partition coefficient (Wildman–Crippen LogP) is 4.85. The maximum Gasteiger partial charge on any atom is 0.304 e. The summed E-state index contributed by atoms with van der Waals surface area (Å²) in [6.45, 7) is 8.83. The number of hydrogen-bond acceptors (Lipinski definition) is 3. The molecular weight excluding hydrogens is 352 g/mol. The number of hydrogen-bond donors (Lipinski definition) is 3. The van der Waals surface area contributed by atoms with E-state index in [1.807, 2.05) is 0 Å². The van der Waals surface area contributed by atoms with E-state index < -0.39 is 5.97 Å². The molecule has 5 nitrogen and oxygen atoms in total. The highest BCUT2D eigenvalue weighted by atomic mass is 16.5. The van der Waals surface area contributed by atoms with E-state index in [0.717, 1.165) is 35.5 Å². The van der Waals surface area contributed by atoms with Gasteiger partial charge in [-0.3, -0.25) is 4.79 Å². The Morgan fingerprint density at radius 1 is 1.21 bits per heavy atom. The van der Waals surface area contributed by atoms with E-state index in [9.17, 15) is 4.79 Å². The molecular formula is C23H34N2O3. The number of ether oxygens (including phenoxy) is 1. The summed E-state index contributed by atoms with van der Waals surface area (Å²) in [6, 6.07) is 8.47. The number of aromatic nitrogens is 1. The van der Waals surface area contributed by atoms with E-state index >= 15 is 0 Å². The fourth-order valence-electron chi connectivity index (χ4n) is 4.16. The van der Waals surface area contributed by atoms with Crippen LogP contribution in [0.1, 0.15) is 64.1 Å². The molecule has 0 atom stereocenters. The molecule has 1 aromatic carbocycles. The summed E-state index contributed by atoms with van der Waals surface area (Å²) >= 11 is 0. The Bertz CT molecular complexity index is 783. The quantitative estimate of drug-likeness (QED) is 0.567. The fourth-order valence-corrected chi connectivity index (χ4v) is 4.16. The van der Waals surface area contributed by atoms with Crippen molar-refractivity contribution in [3.8, 4) is 0 Å². The molecule has 1 aromatic heterocycles. The van der Waals surface area contributed by atoms with Crippen molar-refractivity contribution in [2.75, 3.05) is 6.54 Å². The maximum atomic E-state index is 10.6. The Hall–Kier alpha value is -1.85. The van der Waals surface area contributed by atoms with Gasteiger partial charge in [0.05, 0.1) is 19.1 Å². The lowest BCUT2D eigenvalue weighted by molar-refractivity contribution is -0.136. The summed E-state index contributed by atoms with van der Waals surface area (Å²) in [5.74, 6) is 0.0353. The van der Waals surface area contributed by atoms with Gasteiger partial charge in [0, 0.05) is 29.7 Å². The smallest absolute Gasteiger partial charge is 0.304 e. The molecule has 3 rings (SSSR count). The van der Waals surface area contributed by atoms with Crippen LogP contribution in [0.15, 0.2) is 24.3 Å². The molecule has 0 saturated heterocycles. The molecule has 0 unspecified atom stereocenters. The zero-order chi connectivity index (χ0) is 20.1. The first-order valence-corrected chi connectivity index (χ1v) is 10.5. The molecule has 154 valence electrons. The van der Waals surface area contributed by atoms with E-state index in [4.69, 9.17) is 9.84 Å². The Morgan fingerprint density at radius 3 is 2.64 bits per heavy atom. The Morgan fingerprint density at radius 2 is 1.96 bits per heavy atom. The second-order valence-corrected chi connectivity index (χ2v) is 9.19. The number of benzene rings is 1. The van der Waals surface area contributed by atoms with Gasteiger partial charge >= 0.3 is 5.97 Å². The minimum absolute atomic E-state index is 0.144. The monoisotopic (exact) mass is 386 g/mol. The molecule has 1 heterocycles. The third-order valence-electron chi connectivity index (χ3n) is 5.96. The van der Waals surface area contributed by atoms with Crippen LogP contribution in [-0.4, -0.2) is 28.7 Å². The van der Waals surface area contributed by atoms with Crippen molar-refractivity contribution in [3.63, 3.8) is 0 Å². The number of aromatic amines is 1. The molecule has 1 aliphatic carbocycles. The first-order valence-electron chi connectivity index (χ1n) is 10.5. The van der Waals surface area contributed by atoms with Gasteiger partial charge in [0.25, 0.3) is 0 Å². The summed E-state index contributed by atoms with van der Waals surface area (Å²) < 4.78 is 6.19. The van der Waals surface area contributed by atoms with Gasteiger partial charge in [0.2, 0.25) is 0 Å². The summed E-state index contributed by atoms with van der Waals surface area (Å²) in [5.41, 5.74) is 3.79. The average Bonchev–Trinajstić information content (AvgIpc) is 3.05. The lowest BCUT2D eigenvalue weighted by Gasteiger charge is -2.36. The van der Waals surface area contributed by atoms with E-state index in [1.54, 1.807) is 0 Å². The zero-order valence-corrected chi connectivity index (χ0v) is 17.4. The molecule has 1 aliphatic rings. The Kier molecular flexibility index (Phi) is 6.78. The number of carboxylic acid groups (broad SMARTS) is 1. The van der Waals surface area contributed by atoms with Crippen LogP contribution in [0.25, 0.3) is 10.9 Å². The normalized spacial score (nSPS) is 20.5. The SMILES string of the molecule is CC(C)(C)C1CCC(OCc2cc3cc(CNCCC(=O)O)ccc3[nH]2)CC1. The molecule has 1 fully saturated rings. The van der Waals surface area contributed by atoms with E-state index in [1.165, 1.54) is 18.2 Å². The van der Waals surface area contributed by atoms with Crippen LogP contribution in [-0.2, 0) is 22.7 Å². The second kappa shape index (κ2) is 9.10. The summed E-state index contributed by atoms with van der Waals surface area (Å²) in [5, 5.41) is 13.0. The van der Waals surface area contributed by atoms with E-state index in [0.29, 0.717) is 31.2 Å². The number of fused-ring (bicyclic) bond motifs is 1. The highest BCUT2D eigenvalue weighted by molar-refractivity contribution is 5.81. The molecule has 3 N–H and O–H groups in total. The van der Waals surface area contributed by atoms with Crippen molar-refractivity contribution in [1.82, 2.24) is 10.3 Å². The number of aliphatic carboxylic acids is 1. The zero-order valence-electron chi connectivity index (χ0n) is 17.4. The molecule has 1 saturated carbocycles. The topological polar surface area (TPSA) is 74.3 Å². The van der Waals surface area contributed by atoms with Crippen LogP contribution in [0.3, 0.4) is 0 Å². The lowest BCUT2D eigenvalue weighted by atomic mass is 9.72. The molecule has 0 aliphatic heterocycles. The molecule has 0 radical (unpaired) electrons. The summed E-state index contributed by atoms with van der Waals surface area (Å²) in [6.07, 6.45) is 5.37. The van der Waals surface area contributed by atoms with Crippen molar-refractivity contribution in [3.05, 3.63) is 35.5 Å². The molecule has 28 heavy (non-hydrogen) atoms. The number of nitrogens with one attached hydrogen (secondary N) is 2. The highest BCUT2D eigenvalue weighted by Crippen LogP contribution is 2.38. The Labute approximate surface area is 167 Å². The highest BCUT2D eigenvalue weighted by Gasteiger charge is 2.29.